The van der Waals surface area contributed by atoms with E-state index >= 15 is 0 Å². The van der Waals surface area contributed by atoms with Crippen LogP contribution in [0.4, 0.5) is 0 Å². The number of phenolic OH excluding ortho intramolecular Hbond substituents is 2. The van der Waals surface area contributed by atoms with Crippen LogP contribution in [0.25, 0.3) is 0 Å². The lowest BCUT2D eigenvalue weighted by molar-refractivity contribution is 0.107. The Kier molecular flexibility index (Phi) is 5.12. The fourth-order valence-electron chi connectivity index (χ4n) is 2.46. The van der Waals surface area contributed by atoms with Crippen molar-refractivity contribution in [2.45, 2.75) is 0 Å². The van der Waals surface area contributed by atoms with E-state index in [-0.39, 0.29) is 41.1 Å². The van der Waals surface area contributed by atoms with Crippen molar-refractivity contribution in [1.82, 2.24) is 0 Å². The van der Waals surface area contributed by atoms with Gasteiger partial charge in [-0.05, 0) is 24.3 Å². The molecule has 0 spiro atoms. The zero-order valence-electron chi connectivity index (χ0n) is 14.1. The van der Waals surface area contributed by atoms with Crippen LogP contribution in [-0.2, 0) is 0 Å². The van der Waals surface area contributed by atoms with E-state index in [9.17, 15) is 15.0 Å². The molecular weight excluding hydrogens is 455 g/mol. The standard InChI is InChI=1S/C18H17IO7/c1-19(10-6-12(20)18-15(7-10)25-9-26-18)8-13(21)11-4-5-14(23-2)16(22)17(11)24-3/h4-8,20,22H,1,9H2,2-3H3. The number of hydrogen-bond donors (Lipinski definition) is 2. The van der Waals surface area contributed by atoms with Crippen LogP contribution in [0.5, 0.6) is 34.5 Å². The molecule has 0 atom stereocenters. The summed E-state index contributed by atoms with van der Waals surface area (Å²) in [6, 6.07) is 6.29. The van der Waals surface area contributed by atoms with Gasteiger partial charge in [-0.2, -0.15) is 0 Å². The van der Waals surface area contributed by atoms with Crippen molar-refractivity contribution < 1.29 is 34.0 Å². The lowest BCUT2D eigenvalue weighted by Gasteiger charge is -2.11. The van der Waals surface area contributed by atoms with Crippen molar-refractivity contribution in [3.63, 3.8) is 0 Å². The van der Waals surface area contributed by atoms with Gasteiger partial charge in [0.05, 0.1) is 19.8 Å². The second-order valence-electron chi connectivity index (χ2n) is 5.23. The molecule has 0 aromatic heterocycles. The number of ether oxygens (including phenoxy) is 4. The molecule has 7 nitrogen and oxygen atoms in total. The van der Waals surface area contributed by atoms with Gasteiger partial charge in [-0.25, -0.2) is 0 Å². The third kappa shape index (κ3) is 3.24. The Morgan fingerprint density at radius 2 is 2.00 bits per heavy atom. The number of phenols is 2. The van der Waals surface area contributed by atoms with Gasteiger partial charge in [0.1, 0.15) is 0 Å². The van der Waals surface area contributed by atoms with E-state index in [2.05, 4.69) is 4.51 Å². The first-order chi connectivity index (χ1) is 12.5. The molecule has 1 aliphatic heterocycles. The summed E-state index contributed by atoms with van der Waals surface area (Å²) in [7, 11) is 2.77. The van der Waals surface area contributed by atoms with E-state index in [4.69, 9.17) is 18.9 Å². The summed E-state index contributed by atoms with van der Waals surface area (Å²) in [5.74, 6) is 0.392. The van der Waals surface area contributed by atoms with Gasteiger partial charge in [-0.1, -0.05) is 4.51 Å². The Hall–Kier alpha value is -2.62. The third-order valence-electron chi connectivity index (χ3n) is 3.71. The minimum atomic E-state index is -2.30. The van der Waals surface area contributed by atoms with Crippen molar-refractivity contribution in [2.24, 2.45) is 0 Å². The zero-order chi connectivity index (χ0) is 18.8. The molecule has 1 heterocycles. The third-order valence-corrected chi connectivity index (χ3v) is 7.25. The Bertz CT molecular complexity index is 958. The predicted octanol–water partition coefficient (Wildman–Crippen LogP) is 2.64. The number of fused-ring (bicyclic) bond motifs is 1. The average Bonchev–Trinajstić information content (AvgIpc) is 3.10. The van der Waals surface area contributed by atoms with Crippen LogP contribution >= 0.6 is 18.9 Å². The van der Waals surface area contributed by atoms with Gasteiger partial charge in [0.2, 0.25) is 18.3 Å². The molecule has 1 aliphatic rings. The molecule has 2 N–H and O–H groups in total. The normalized spacial score (nSPS) is 13.5. The number of aromatic hydroxyl groups is 2. The second-order valence-corrected chi connectivity index (χ2v) is 9.36. The number of ketones is 1. The zero-order valence-corrected chi connectivity index (χ0v) is 16.3. The lowest BCUT2D eigenvalue weighted by atomic mass is 10.1. The highest BCUT2D eigenvalue weighted by atomic mass is 127. The molecular formula is C18H17IO7. The first-order valence-corrected chi connectivity index (χ1v) is 11.2. The van der Waals surface area contributed by atoms with Crippen LogP contribution in [0.2, 0.25) is 0 Å². The van der Waals surface area contributed by atoms with Crippen molar-refractivity contribution in [3.8, 4) is 34.5 Å². The number of methoxy groups -OCH3 is 2. The van der Waals surface area contributed by atoms with Crippen LogP contribution < -0.4 is 18.9 Å². The Balaban J connectivity index is 1.98. The molecule has 0 unspecified atom stereocenters. The van der Waals surface area contributed by atoms with Gasteiger partial charge in [0.15, 0.2) is 28.8 Å². The summed E-state index contributed by atoms with van der Waals surface area (Å²) in [6.45, 7) is 0.0443. The van der Waals surface area contributed by atoms with E-state index in [1.807, 2.05) is 0 Å². The number of halogens is 1. The summed E-state index contributed by atoms with van der Waals surface area (Å²) in [6.07, 6.45) is 0. The van der Waals surface area contributed by atoms with E-state index in [0.717, 1.165) is 3.57 Å². The van der Waals surface area contributed by atoms with Gasteiger partial charge in [-0.15, -0.1) is 18.9 Å². The molecule has 0 radical (unpaired) electrons. The number of Topliss-reactive ketones (excluding diaryl/α,β-unsaturated/α-hetero) is 1. The highest BCUT2D eigenvalue weighted by Crippen LogP contribution is 2.43. The maximum atomic E-state index is 12.7. The molecule has 2 aromatic carbocycles. The summed E-state index contributed by atoms with van der Waals surface area (Å²) in [4.78, 5) is 12.7. The van der Waals surface area contributed by atoms with Crippen LogP contribution in [0, 0.1) is 3.57 Å². The first-order valence-electron chi connectivity index (χ1n) is 7.39. The number of carbonyl (C=O) groups is 1. The molecule has 0 saturated heterocycles. The van der Waals surface area contributed by atoms with Gasteiger partial charge in [0.25, 0.3) is 0 Å². The number of hydrogen-bond acceptors (Lipinski definition) is 7. The molecule has 0 saturated carbocycles. The summed E-state index contributed by atoms with van der Waals surface area (Å²) < 4.78 is 27.0. The minimum Gasteiger partial charge on any atom is -0.504 e. The number of benzene rings is 2. The Labute approximate surface area is 156 Å². The highest BCUT2D eigenvalue weighted by molar-refractivity contribution is 14.2. The van der Waals surface area contributed by atoms with Crippen LogP contribution in [0.1, 0.15) is 10.4 Å². The van der Waals surface area contributed by atoms with Gasteiger partial charge < -0.3 is 29.2 Å². The van der Waals surface area contributed by atoms with Crippen LogP contribution in [-0.4, -0.2) is 45.5 Å². The average molecular weight is 472 g/mol. The molecule has 0 fully saturated rings. The number of rotatable bonds is 5. The maximum absolute atomic E-state index is 12.7. The molecule has 26 heavy (non-hydrogen) atoms. The van der Waals surface area contributed by atoms with Crippen molar-refractivity contribution >= 4 is 33.2 Å². The second kappa shape index (κ2) is 7.32. The monoisotopic (exact) mass is 472 g/mol. The van der Waals surface area contributed by atoms with E-state index < -0.39 is 18.9 Å². The lowest BCUT2D eigenvalue weighted by Crippen LogP contribution is -2.03. The summed E-state index contributed by atoms with van der Waals surface area (Å²) in [5.41, 5.74) is 0.210. The molecule has 0 aliphatic carbocycles. The Morgan fingerprint density at radius 1 is 1.23 bits per heavy atom. The summed E-state index contributed by atoms with van der Waals surface area (Å²) >= 11 is -2.30. The summed E-state index contributed by atoms with van der Waals surface area (Å²) in [5, 5.41) is 20.1. The van der Waals surface area contributed by atoms with E-state index in [0.29, 0.717) is 11.5 Å². The van der Waals surface area contributed by atoms with Gasteiger partial charge in [0, 0.05) is 7.58 Å². The molecule has 2 aromatic rings. The molecule has 0 amide bonds. The topological polar surface area (TPSA) is 94.5 Å². The van der Waals surface area contributed by atoms with Gasteiger partial charge in [-0.3, -0.25) is 4.79 Å². The van der Waals surface area contributed by atoms with Crippen molar-refractivity contribution in [2.75, 3.05) is 21.0 Å². The predicted molar refractivity (Wildman–Crippen MR) is 106 cm³/mol. The number of carbonyl (C=O) groups excluding carboxylic acids is 1. The highest BCUT2D eigenvalue weighted by Gasteiger charge is 2.20. The molecule has 3 rings (SSSR count). The molecule has 138 valence electrons. The smallest absolute Gasteiger partial charge is 0.231 e. The molecule has 0 bridgehead atoms. The first kappa shape index (κ1) is 18.2. The van der Waals surface area contributed by atoms with Crippen LogP contribution in [0.15, 0.2) is 24.3 Å². The Morgan fingerprint density at radius 3 is 2.69 bits per heavy atom. The van der Waals surface area contributed by atoms with E-state index in [1.54, 1.807) is 6.07 Å². The SMILES string of the molecule is C=I(=C\C(=O)c1ccc(OC)c(O)c1OC)/c1cc(O)c2c(c1)OCO2. The minimum absolute atomic E-state index is 0.0403. The van der Waals surface area contributed by atoms with Gasteiger partial charge >= 0.3 is 0 Å². The van der Waals surface area contributed by atoms with Crippen LogP contribution in [0.3, 0.4) is 0 Å². The van der Waals surface area contributed by atoms with Crippen molar-refractivity contribution in [1.29, 1.82) is 0 Å². The fraction of sp³-hybridized carbons (Fsp3) is 0.167. The van der Waals surface area contributed by atoms with Crippen molar-refractivity contribution in [3.05, 3.63) is 33.4 Å². The molecule has 8 heteroatoms. The fourth-order valence-corrected chi connectivity index (χ4v) is 5.21. The maximum Gasteiger partial charge on any atom is 0.231 e. The largest absolute Gasteiger partial charge is 0.504 e. The van der Waals surface area contributed by atoms with E-state index in [1.165, 1.54) is 36.4 Å². The quantitative estimate of drug-likeness (QED) is 0.511.